The van der Waals surface area contributed by atoms with Gasteiger partial charge in [0.05, 0.1) is 10.4 Å². The van der Waals surface area contributed by atoms with Gasteiger partial charge >= 0.3 is 0 Å². The number of amides is 2. The third-order valence-electron chi connectivity index (χ3n) is 5.01. The van der Waals surface area contributed by atoms with Crippen molar-refractivity contribution >= 4 is 45.2 Å². The molecule has 2 aromatic heterocycles. The van der Waals surface area contributed by atoms with Crippen LogP contribution >= 0.6 is 22.7 Å². The van der Waals surface area contributed by atoms with Gasteiger partial charge in [-0.3, -0.25) is 9.59 Å². The molecule has 0 bridgehead atoms. The van der Waals surface area contributed by atoms with Crippen LogP contribution in [-0.4, -0.2) is 11.8 Å². The van der Waals surface area contributed by atoms with Gasteiger partial charge in [0.2, 0.25) is 0 Å². The summed E-state index contributed by atoms with van der Waals surface area (Å²) < 4.78 is 0. The predicted molar refractivity (Wildman–Crippen MR) is 117 cm³/mol. The second-order valence-corrected chi connectivity index (χ2v) is 9.02. The van der Waals surface area contributed by atoms with Crippen molar-refractivity contribution in [2.24, 2.45) is 0 Å². The van der Waals surface area contributed by atoms with Crippen LogP contribution in [0.4, 0.5) is 10.7 Å². The van der Waals surface area contributed by atoms with Crippen molar-refractivity contribution in [2.45, 2.75) is 39.0 Å². The van der Waals surface area contributed by atoms with Crippen molar-refractivity contribution in [3.63, 3.8) is 0 Å². The molecule has 0 fully saturated rings. The molecule has 2 N–H and O–H groups in total. The van der Waals surface area contributed by atoms with E-state index < -0.39 is 0 Å². The molecule has 144 valence electrons. The minimum atomic E-state index is -0.156. The highest BCUT2D eigenvalue weighted by atomic mass is 32.1. The van der Waals surface area contributed by atoms with Crippen molar-refractivity contribution in [2.75, 3.05) is 10.6 Å². The smallest absolute Gasteiger partial charge is 0.266 e. The molecular formula is C22H22N2O2S2. The number of thiophene rings is 2. The van der Waals surface area contributed by atoms with Crippen LogP contribution in [0.15, 0.2) is 41.8 Å². The number of fused-ring (bicyclic) bond motifs is 1. The first kappa shape index (κ1) is 18.9. The Kier molecular flexibility index (Phi) is 5.59. The first-order valence-corrected chi connectivity index (χ1v) is 11.2. The van der Waals surface area contributed by atoms with Crippen molar-refractivity contribution in [1.29, 1.82) is 0 Å². The molecule has 0 saturated carbocycles. The highest BCUT2D eigenvalue weighted by Gasteiger charge is 2.26. The standard InChI is InChI=1S/C22H22N2O2S2/c1-14-8-5-6-10-16(14)23-21(26)19-15-9-3-2-4-11-17(15)28-22(19)24-20(25)18-12-7-13-27-18/h5-8,10,12-13H,2-4,9,11H2,1H3,(H,23,26)(H,24,25). The van der Waals surface area contributed by atoms with Crippen molar-refractivity contribution in [1.82, 2.24) is 0 Å². The molecule has 0 spiro atoms. The van der Waals surface area contributed by atoms with E-state index >= 15 is 0 Å². The number of aryl methyl sites for hydroxylation is 2. The lowest BCUT2D eigenvalue weighted by atomic mass is 10.0. The summed E-state index contributed by atoms with van der Waals surface area (Å²) in [6, 6.07) is 11.4. The van der Waals surface area contributed by atoms with E-state index in [1.165, 1.54) is 22.6 Å². The molecule has 1 aliphatic carbocycles. The molecule has 28 heavy (non-hydrogen) atoms. The van der Waals surface area contributed by atoms with Gasteiger partial charge in [-0.25, -0.2) is 0 Å². The molecule has 4 nitrogen and oxygen atoms in total. The number of anilines is 2. The van der Waals surface area contributed by atoms with Gasteiger partial charge in [0.15, 0.2) is 0 Å². The summed E-state index contributed by atoms with van der Waals surface area (Å²) in [6.07, 6.45) is 5.24. The zero-order chi connectivity index (χ0) is 19.5. The van der Waals surface area contributed by atoms with Gasteiger partial charge in [-0.2, -0.15) is 0 Å². The van der Waals surface area contributed by atoms with E-state index in [1.54, 1.807) is 17.4 Å². The second kappa shape index (κ2) is 8.29. The van der Waals surface area contributed by atoms with E-state index in [4.69, 9.17) is 0 Å². The maximum atomic E-state index is 13.2. The molecule has 1 aliphatic rings. The molecule has 4 rings (SSSR count). The fraction of sp³-hybridized carbons (Fsp3) is 0.273. The van der Waals surface area contributed by atoms with Crippen LogP contribution < -0.4 is 10.6 Å². The molecule has 0 saturated heterocycles. The predicted octanol–water partition coefficient (Wildman–Crippen LogP) is 5.89. The molecule has 0 unspecified atom stereocenters. The Morgan fingerprint density at radius 2 is 1.75 bits per heavy atom. The van der Waals surface area contributed by atoms with E-state index in [1.807, 2.05) is 42.6 Å². The minimum Gasteiger partial charge on any atom is -0.322 e. The number of carbonyl (C=O) groups excluding carboxylic acids is 2. The van der Waals surface area contributed by atoms with Crippen LogP contribution in [0.5, 0.6) is 0 Å². The van der Waals surface area contributed by atoms with Crippen LogP contribution in [-0.2, 0) is 12.8 Å². The molecular weight excluding hydrogens is 388 g/mol. The van der Waals surface area contributed by atoms with Gasteiger partial charge in [0.1, 0.15) is 5.00 Å². The first-order valence-electron chi connectivity index (χ1n) is 9.50. The lowest BCUT2D eigenvalue weighted by Gasteiger charge is -2.11. The lowest BCUT2D eigenvalue weighted by Crippen LogP contribution is -2.18. The zero-order valence-corrected chi connectivity index (χ0v) is 17.3. The van der Waals surface area contributed by atoms with E-state index in [0.717, 1.165) is 42.5 Å². The molecule has 0 aliphatic heterocycles. The number of hydrogen-bond acceptors (Lipinski definition) is 4. The van der Waals surface area contributed by atoms with E-state index in [9.17, 15) is 9.59 Å². The highest BCUT2D eigenvalue weighted by molar-refractivity contribution is 7.17. The summed E-state index contributed by atoms with van der Waals surface area (Å²) in [5.74, 6) is -0.300. The van der Waals surface area contributed by atoms with Gasteiger partial charge in [-0.05, 0) is 61.2 Å². The zero-order valence-electron chi connectivity index (χ0n) is 15.7. The summed E-state index contributed by atoms with van der Waals surface area (Å²) in [4.78, 5) is 27.7. The van der Waals surface area contributed by atoms with E-state index in [0.29, 0.717) is 15.4 Å². The molecule has 6 heteroatoms. The lowest BCUT2D eigenvalue weighted by molar-refractivity contribution is 0.102. The molecule has 2 heterocycles. The minimum absolute atomic E-state index is 0.143. The Bertz CT molecular complexity index is 1010. The summed E-state index contributed by atoms with van der Waals surface area (Å²) >= 11 is 2.96. The molecule has 2 amide bonds. The number of rotatable bonds is 4. The summed E-state index contributed by atoms with van der Waals surface area (Å²) in [6.45, 7) is 1.98. The van der Waals surface area contributed by atoms with Crippen molar-refractivity contribution in [3.05, 3.63) is 68.2 Å². The Morgan fingerprint density at radius 3 is 2.54 bits per heavy atom. The van der Waals surface area contributed by atoms with Crippen LogP contribution in [0.1, 0.15) is 55.3 Å². The number of para-hydroxylation sites is 1. The number of carbonyl (C=O) groups is 2. The van der Waals surface area contributed by atoms with Gasteiger partial charge in [-0.1, -0.05) is 30.7 Å². The average Bonchev–Trinajstić information content (AvgIpc) is 3.27. The normalized spacial score (nSPS) is 13.5. The molecule has 0 radical (unpaired) electrons. The quantitative estimate of drug-likeness (QED) is 0.527. The van der Waals surface area contributed by atoms with Crippen LogP contribution in [0, 0.1) is 6.92 Å². The fourth-order valence-electron chi connectivity index (χ4n) is 3.54. The molecule has 0 atom stereocenters. The van der Waals surface area contributed by atoms with Crippen molar-refractivity contribution in [3.8, 4) is 0 Å². The summed E-state index contributed by atoms with van der Waals surface area (Å²) in [7, 11) is 0. The van der Waals surface area contributed by atoms with Crippen LogP contribution in [0.25, 0.3) is 0 Å². The van der Waals surface area contributed by atoms with E-state index in [-0.39, 0.29) is 11.8 Å². The Morgan fingerprint density at radius 1 is 0.929 bits per heavy atom. The molecule has 3 aromatic rings. The SMILES string of the molecule is Cc1ccccc1NC(=O)c1c(NC(=O)c2cccs2)sc2c1CCCCC2. The topological polar surface area (TPSA) is 58.2 Å². The average molecular weight is 411 g/mol. The largest absolute Gasteiger partial charge is 0.322 e. The Balaban J connectivity index is 1.69. The second-order valence-electron chi connectivity index (χ2n) is 6.97. The number of hydrogen-bond donors (Lipinski definition) is 2. The maximum absolute atomic E-state index is 13.2. The monoisotopic (exact) mass is 410 g/mol. The van der Waals surface area contributed by atoms with Crippen LogP contribution in [0.2, 0.25) is 0 Å². The van der Waals surface area contributed by atoms with Gasteiger partial charge in [-0.15, -0.1) is 22.7 Å². The van der Waals surface area contributed by atoms with Gasteiger partial charge < -0.3 is 10.6 Å². The van der Waals surface area contributed by atoms with Crippen molar-refractivity contribution < 1.29 is 9.59 Å². The third kappa shape index (κ3) is 3.88. The maximum Gasteiger partial charge on any atom is 0.266 e. The van der Waals surface area contributed by atoms with Gasteiger partial charge in [0, 0.05) is 10.6 Å². The first-order chi connectivity index (χ1) is 13.6. The highest BCUT2D eigenvalue weighted by Crippen LogP contribution is 2.38. The number of nitrogens with one attached hydrogen (secondary N) is 2. The third-order valence-corrected chi connectivity index (χ3v) is 7.09. The Hall–Kier alpha value is -2.44. The van der Waals surface area contributed by atoms with Gasteiger partial charge in [0.25, 0.3) is 11.8 Å². The summed E-state index contributed by atoms with van der Waals surface area (Å²) in [5.41, 5.74) is 3.56. The van der Waals surface area contributed by atoms with E-state index in [2.05, 4.69) is 10.6 Å². The Labute approximate surface area is 172 Å². The fourth-order valence-corrected chi connectivity index (χ4v) is 5.44. The molecule has 1 aromatic carbocycles. The summed E-state index contributed by atoms with van der Waals surface area (Å²) in [5, 5.41) is 8.59. The van der Waals surface area contributed by atoms with Crippen LogP contribution in [0.3, 0.4) is 0 Å². The number of benzene rings is 1.